The number of carbonyl (C=O) groups is 1. The lowest BCUT2D eigenvalue weighted by molar-refractivity contribution is -0.127. The largest absolute Gasteiger partial charge is 0.298 e. The Morgan fingerprint density at radius 3 is 2.00 bits per heavy atom. The van der Waals surface area contributed by atoms with Crippen molar-refractivity contribution in [1.82, 2.24) is 4.90 Å². The molecule has 1 aromatic carbocycles. The molecule has 17 heavy (non-hydrogen) atoms. The number of Topliss-reactive ketones (excluding diaryl/α,β-unsaturated/α-hetero) is 1. The average molecular weight is 233 g/mol. The number of likely N-dealkylation sites (N-methyl/N-ethyl adjacent to an activating group) is 1. The van der Waals surface area contributed by atoms with Crippen LogP contribution in [0.3, 0.4) is 0 Å². The summed E-state index contributed by atoms with van der Waals surface area (Å²) in [5, 5.41) is 0. The molecule has 0 N–H and O–H groups in total. The van der Waals surface area contributed by atoms with Gasteiger partial charge in [0, 0.05) is 6.42 Å². The maximum Gasteiger partial charge on any atom is 0.156 e. The molecular weight excluding hydrogens is 210 g/mol. The van der Waals surface area contributed by atoms with Crippen LogP contribution in [0.1, 0.15) is 30.5 Å². The fourth-order valence-electron chi connectivity index (χ4n) is 1.82. The predicted octanol–water partition coefficient (Wildman–Crippen LogP) is 2.76. The van der Waals surface area contributed by atoms with Crippen molar-refractivity contribution >= 4 is 5.78 Å². The van der Waals surface area contributed by atoms with Gasteiger partial charge in [0.1, 0.15) is 0 Å². The Balaban J connectivity index is 2.88. The molecule has 1 rings (SSSR count). The summed E-state index contributed by atoms with van der Waals surface area (Å²) >= 11 is 0. The summed E-state index contributed by atoms with van der Waals surface area (Å²) in [6, 6.07) is 6.32. The van der Waals surface area contributed by atoms with Crippen molar-refractivity contribution in [2.45, 2.75) is 39.7 Å². The van der Waals surface area contributed by atoms with Gasteiger partial charge in [-0.05, 0) is 47.4 Å². The second kappa shape index (κ2) is 5.01. The van der Waals surface area contributed by atoms with E-state index in [1.807, 2.05) is 32.8 Å². The van der Waals surface area contributed by atoms with Crippen molar-refractivity contribution in [1.29, 1.82) is 0 Å². The Morgan fingerprint density at radius 1 is 1.12 bits per heavy atom. The van der Waals surface area contributed by atoms with E-state index in [2.05, 4.69) is 32.0 Å². The van der Waals surface area contributed by atoms with Crippen molar-refractivity contribution in [2.24, 2.45) is 0 Å². The molecule has 0 atom stereocenters. The van der Waals surface area contributed by atoms with E-state index in [0.717, 1.165) is 5.56 Å². The summed E-state index contributed by atoms with van der Waals surface area (Å²) in [4.78, 5) is 14.2. The third kappa shape index (κ3) is 3.40. The molecule has 0 saturated heterocycles. The zero-order chi connectivity index (χ0) is 13.2. The van der Waals surface area contributed by atoms with Gasteiger partial charge in [0.05, 0.1) is 5.54 Å². The summed E-state index contributed by atoms with van der Waals surface area (Å²) in [5.41, 5.74) is 3.14. The van der Waals surface area contributed by atoms with E-state index in [4.69, 9.17) is 0 Å². The lowest BCUT2D eigenvalue weighted by Crippen LogP contribution is -2.46. The van der Waals surface area contributed by atoms with Gasteiger partial charge < -0.3 is 0 Å². The van der Waals surface area contributed by atoms with Crippen LogP contribution in [0.5, 0.6) is 0 Å². The topological polar surface area (TPSA) is 20.3 Å². The fourth-order valence-corrected chi connectivity index (χ4v) is 1.82. The molecule has 0 aromatic heterocycles. The Morgan fingerprint density at radius 2 is 1.59 bits per heavy atom. The van der Waals surface area contributed by atoms with Gasteiger partial charge >= 0.3 is 0 Å². The maximum atomic E-state index is 12.3. The zero-order valence-electron chi connectivity index (χ0n) is 11.8. The minimum atomic E-state index is -0.405. The van der Waals surface area contributed by atoms with Crippen LogP contribution in [-0.2, 0) is 11.2 Å². The molecule has 0 spiro atoms. The number of nitrogens with zero attached hydrogens (tertiary/aromatic N) is 1. The third-order valence-corrected chi connectivity index (χ3v) is 3.45. The van der Waals surface area contributed by atoms with Crippen LogP contribution in [0.2, 0.25) is 0 Å². The van der Waals surface area contributed by atoms with Gasteiger partial charge in [-0.15, -0.1) is 0 Å². The molecule has 0 aliphatic carbocycles. The zero-order valence-corrected chi connectivity index (χ0v) is 11.8. The van der Waals surface area contributed by atoms with Crippen LogP contribution in [0.25, 0.3) is 0 Å². The Hall–Kier alpha value is -1.15. The first-order chi connectivity index (χ1) is 7.73. The average Bonchev–Trinajstić information content (AvgIpc) is 2.15. The lowest BCUT2D eigenvalue weighted by Gasteiger charge is -2.31. The molecule has 0 fully saturated rings. The van der Waals surface area contributed by atoms with E-state index in [1.54, 1.807) is 0 Å². The Bertz CT molecular complexity index is 399. The van der Waals surface area contributed by atoms with Crippen molar-refractivity contribution in [2.75, 3.05) is 14.1 Å². The van der Waals surface area contributed by atoms with Crippen LogP contribution in [0.4, 0.5) is 0 Å². The molecular formula is C15H23NO. The predicted molar refractivity (Wildman–Crippen MR) is 72.4 cm³/mol. The van der Waals surface area contributed by atoms with Gasteiger partial charge in [0.25, 0.3) is 0 Å². The van der Waals surface area contributed by atoms with Crippen molar-refractivity contribution in [3.05, 3.63) is 34.9 Å². The van der Waals surface area contributed by atoms with Crippen LogP contribution < -0.4 is 0 Å². The van der Waals surface area contributed by atoms with E-state index in [-0.39, 0.29) is 5.78 Å². The lowest BCUT2D eigenvalue weighted by atomic mass is 9.91. The van der Waals surface area contributed by atoms with E-state index < -0.39 is 5.54 Å². The highest BCUT2D eigenvalue weighted by Gasteiger charge is 2.29. The van der Waals surface area contributed by atoms with Crippen LogP contribution >= 0.6 is 0 Å². The van der Waals surface area contributed by atoms with Crippen molar-refractivity contribution in [3.63, 3.8) is 0 Å². The van der Waals surface area contributed by atoms with E-state index >= 15 is 0 Å². The summed E-state index contributed by atoms with van der Waals surface area (Å²) in [5.74, 6) is 0.257. The first-order valence-corrected chi connectivity index (χ1v) is 6.01. The number of ketones is 1. The van der Waals surface area contributed by atoms with Gasteiger partial charge in [-0.1, -0.05) is 29.3 Å². The highest BCUT2D eigenvalue weighted by molar-refractivity contribution is 5.89. The second-order valence-electron chi connectivity index (χ2n) is 5.55. The van der Waals surface area contributed by atoms with Gasteiger partial charge in [-0.25, -0.2) is 0 Å². The molecule has 1 aromatic rings. The van der Waals surface area contributed by atoms with E-state index in [1.165, 1.54) is 11.1 Å². The number of benzene rings is 1. The molecule has 0 amide bonds. The van der Waals surface area contributed by atoms with Crippen LogP contribution in [0, 0.1) is 13.8 Å². The molecule has 0 unspecified atom stereocenters. The number of hydrogen-bond donors (Lipinski definition) is 0. The molecule has 0 aliphatic heterocycles. The highest BCUT2D eigenvalue weighted by atomic mass is 16.1. The Kier molecular flexibility index (Phi) is 4.10. The molecule has 94 valence electrons. The molecule has 2 nitrogen and oxygen atoms in total. The van der Waals surface area contributed by atoms with Crippen molar-refractivity contribution < 1.29 is 4.79 Å². The number of hydrogen-bond acceptors (Lipinski definition) is 2. The minimum absolute atomic E-state index is 0.257. The van der Waals surface area contributed by atoms with Gasteiger partial charge in [-0.2, -0.15) is 0 Å². The van der Waals surface area contributed by atoms with Gasteiger partial charge in [-0.3, -0.25) is 9.69 Å². The smallest absolute Gasteiger partial charge is 0.156 e. The number of rotatable bonds is 4. The molecule has 0 heterocycles. The quantitative estimate of drug-likeness (QED) is 0.797. The highest BCUT2D eigenvalue weighted by Crippen LogP contribution is 2.17. The standard InChI is InChI=1S/C15H23NO/c1-11-7-12(2)9-13(8-11)10-14(17)15(3,4)16(5)6/h7-9H,10H2,1-6H3. The van der Waals surface area contributed by atoms with Gasteiger partial charge in [0.15, 0.2) is 5.78 Å². The minimum Gasteiger partial charge on any atom is -0.298 e. The monoisotopic (exact) mass is 233 g/mol. The number of carbonyl (C=O) groups excluding carboxylic acids is 1. The molecule has 0 aliphatic rings. The summed E-state index contributed by atoms with van der Waals surface area (Å²) in [6.45, 7) is 8.08. The fraction of sp³-hybridized carbons (Fsp3) is 0.533. The summed E-state index contributed by atoms with van der Waals surface area (Å²) < 4.78 is 0. The molecule has 0 bridgehead atoms. The molecule has 0 radical (unpaired) electrons. The van der Waals surface area contributed by atoms with Crippen LogP contribution in [0.15, 0.2) is 18.2 Å². The van der Waals surface area contributed by atoms with Crippen LogP contribution in [-0.4, -0.2) is 30.3 Å². The van der Waals surface area contributed by atoms with Crippen molar-refractivity contribution in [3.8, 4) is 0 Å². The summed E-state index contributed by atoms with van der Waals surface area (Å²) in [6.07, 6.45) is 0.508. The SMILES string of the molecule is Cc1cc(C)cc(CC(=O)C(C)(C)N(C)C)c1. The normalized spacial score (nSPS) is 11.9. The second-order valence-corrected chi connectivity index (χ2v) is 5.55. The maximum absolute atomic E-state index is 12.3. The van der Waals surface area contributed by atoms with E-state index in [0.29, 0.717) is 6.42 Å². The third-order valence-electron chi connectivity index (χ3n) is 3.45. The first-order valence-electron chi connectivity index (χ1n) is 6.01. The Labute approximate surface area is 105 Å². The molecule has 2 heteroatoms. The van der Waals surface area contributed by atoms with Gasteiger partial charge in [0.2, 0.25) is 0 Å². The first kappa shape index (κ1) is 13.9. The van der Waals surface area contributed by atoms with E-state index in [9.17, 15) is 4.79 Å². The number of aryl methyl sites for hydroxylation is 2. The summed E-state index contributed by atoms with van der Waals surface area (Å²) in [7, 11) is 3.89. The molecule has 0 saturated carbocycles.